The number of thiocarbonyl (C=S) groups is 1. The van der Waals surface area contributed by atoms with E-state index in [1.54, 1.807) is 26.0 Å². The fourth-order valence-corrected chi connectivity index (χ4v) is 1.96. The standard InChI is InChI=1S/C14H15FN4O2S/c1-8-10(9(2)21-19-8)7-13(20)17-18-14(22)16-12-6-4-3-5-11(12)15/h3-6H,7H2,1-2H3,(H,17,20)(H2,16,18,22). The zero-order valence-corrected chi connectivity index (χ0v) is 12.9. The summed E-state index contributed by atoms with van der Waals surface area (Å²) in [7, 11) is 0. The Hall–Kier alpha value is -2.48. The number of carbonyl (C=O) groups is 1. The lowest BCUT2D eigenvalue weighted by molar-refractivity contribution is -0.121. The molecule has 116 valence electrons. The molecule has 0 fully saturated rings. The van der Waals surface area contributed by atoms with Gasteiger partial charge in [-0.15, -0.1) is 0 Å². The fourth-order valence-electron chi connectivity index (χ4n) is 1.80. The van der Waals surface area contributed by atoms with Crippen LogP contribution in [-0.2, 0) is 11.2 Å². The van der Waals surface area contributed by atoms with E-state index in [4.69, 9.17) is 16.7 Å². The van der Waals surface area contributed by atoms with E-state index in [2.05, 4.69) is 21.3 Å². The summed E-state index contributed by atoms with van der Waals surface area (Å²) in [6.45, 7) is 3.50. The van der Waals surface area contributed by atoms with E-state index in [9.17, 15) is 9.18 Å². The molecule has 0 aliphatic rings. The highest BCUT2D eigenvalue weighted by molar-refractivity contribution is 7.80. The monoisotopic (exact) mass is 322 g/mol. The minimum atomic E-state index is -0.436. The number of halogens is 1. The summed E-state index contributed by atoms with van der Waals surface area (Å²) in [4.78, 5) is 11.8. The molecule has 0 bridgehead atoms. The molecular formula is C14H15FN4O2S. The molecule has 2 aromatic rings. The normalized spacial score (nSPS) is 10.1. The van der Waals surface area contributed by atoms with E-state index in [1.165, 1.54) is 12.1 Å². The first-order chi connectivity index (χ1) is 10.5. The lowest BCUT2D eigenvalue weighted by atomic mass is 10.1. The van der Waals surface area contributed by atoms with Gasteiger partial charge in [-0.3, -0.25) is 15.6 Å². The van der Waals surface area contributed by atoms with Crippen LogP contribution in [-0.4, -0.2) is 16.2 Å². The van der Waals surface area contributed by atoms with E-state index in [-0.39, 0.29) is 23.1 Å². The number of aromatic nitrogens is 1. The van der Waals surface area contributed by atoms with Crippen LogP contribution in [0.3, 0.4) is 0 Å². The molecule has 0 atom stereocenters. The van der Waals surface area contributed by atoms with Crippen molar-refractivity contribution in [2.45, 2.75) is 20.3 Å². The summed E-state index contributed by atoms with van der Waals surface area (Å²) >= 11 is 4.98. The van der Waals surface area contributed by atoms with Crippen molar-refractivity contribution in [2.24, 2.45) is 0 Å². The van der Waals surface area contributed by atoms with Crippen LogP contribution in [0.1, 0.15) is 17.0 Å². The summed E-state index contributed by atoms with van der Waals surface area (Å²) in [6.07, 6.45) is 0.108. The Morgan fingerprint density at radius 2 is 2.05 bits per heavy atom. The van der Waals surface area contributed by atoms with Crippen molar-refractivity contribution in [3.63, 3.8) is 0 Å². The molecular weight excluding hydrogens is 307 g/mol. The zero-order valence-electron chi connectivity index (χ0n) is 12.1. The first kappa shape index (κ1) is 15.9. The SMILES string of the molecule is Cc1noc(C)c1CC(=O)NNC(=S)Nc1ccccc1F. The zero-order chi connectivity index (χ0) is 16.1. The lowest BCUT2D eigenvalue weighted by Crippen LogP contribution is -2.44. The van der Waals surface area contributed by atoms with E-state index < -0.39 is 5.82 Å². The third-order valence-corrected chi connectivity index (χ3v) is 3.16. The van der Waals surface area contributed by atoms with Gasteiger partial charge in [-0.1, -0.05) is 17.3 Å². The third-order valence-electron chi connectivity index (χ3n) is 2.96. The first-order valence-electron chi connectivity index (χ1n) is 6.49. The second-order valence-corrected chi connectivity index (χ2v) is 4.99. The van der Waals surface area contributed by atoms with Crippen molar-refractivity contribution in [3.8, 4) is 0 Å². The molecule has 0 aliphatic carbocycles. The number of benzene rings is 1. The van der Waals surface area contributed by atoms with Gasteiger partial charge in [-0.25, -0.2) is 4.39 Å². The second kappa shape index (κ2) is 6.99. The number of hydrogen-bond acceptors (Lipinski definition) is 4. The first-order valence-corrected chi connectivity index (χ1v) is 6.90. The minimum absolute atomic E-state index is 0.0808. The Morgan fingerprint density at radius 1 is 1.32 bits per heavy atom. The number of nitrogens with zero attached hydrogens (tertiary/aromatic N) is 1. The molecule has 1 aromatic heterocycles. The van der Waals surface area contributed by atoms with Gasteiger partial charge in [0.2, 0.25) is 5.91 Å². The predicted molar refractivity (Wildman–Crippen MR) is 83.6 cm³/mol. The van der Waals surface area contributed by atoms with Crippen molar-refractivity contribution in [1.29, 1.82) is 0 Å². The molecule has 0 radical (unpaired) electrons. The van der Waals surface area contributed by atoms with E-state index >= 15 is 0 Å². The number of rotatable bonds is 3. The average Bonchev–Trinajstić information content (AvgIpc) is 2.79. The molecule has 0 unspecified atom stereocenters. The van der Waals surface area contributed by atoms with Crippen molar-refractivity contribution in [2.75, 3.05) is 5.32 Å². The number of amides is 1. The van der Waals surface area contributed by atoms with Crippen LogP contribution < -0.4 is 16.2 Å². The number of nitrogens with one attached hydrogen (secondary N) is 3. The molecule has 1 amide bonds. The number of hydrogen-bond donors (Lipinski definition) is 3. The molecule has 0 aliphatic heterocycles. The van der Waals surface area contributed by atoms with Crippen molar-refractivity contribution < 1.29 is 13.7 Å². The Morgan fingerprint density at radius 3 is 2.68 bits per heavy atom. The summed E-state index contributed by atoms with van der Waals surface area (Å²) in [5, 5.41) is 6.50. The summed E-state index contributed by atoms with van der Waals surface area (Å²) in [5.74, 6) is -0.152. The second-order valence-electron chi connectivity index (χ2n) is 4.59. The van der Waals surface area contributed by atoms with Crippen molar-refractivity contribution >= 4 is 28.9 Å². The number of hydrazine groups is 1. The van der Waals surface area contributed by atoms with E-state index in [0.717, 1.165) is 5.56 Å². The molecule has 0 saturated carbocycles. The molecule has 3 N–H and O–H groups in total. The average molecular weight is 322 g/mol. The van der Waals surface area contributed by atoms with E-state index in [0.29, 0.717) is 11.5 Å². The molecule has 0 saturated heterocycles. The van der Waals surface area contributed by atoms with Gasteiger partial charge >= 0.3 is 0 Å². The minimum Gasteiger partial charge on any atom is -0.361 e. The van der Waals surface area contributed by atoms with Crippen LogP contribution in [0, 0.1) is 19.7 Å². The molecule has 0 spiro atoms. The van der Waals surface area contributed by atoms with E-state index in [1.807, 2.05) is 0 Å². The van der Waals surface area contributed by atoms with Crippen LogP contribution in [0.2, 0.25) is 0 Å². The van der Waals surface area contributed by atoms with Crippen molar-refractivity contribution in [1.82, 2.24) is 16.0 Å². The molecule has 2 rings (SSSR count). The molecule has 6 nitrogen and oxygen atoms in total. The summed E-state index contributed by atoms with van der Waals surface area (Å²) in [5.41, 5.74) is 6.56. The number of para-hydroxylation sites is 1. The molecule has 8 heteroatoms. The Balaban J connectivity index is 1.84. The number of aryl methyl sites for hydroxylation is 2. The smallest absolute Gasteiger partial charge is 0.242 e. The Labute approximate surface area is 132 Å². The largest absolute Gasteiger partial charge is 0.361 e. The van der Waals surface area contributed by atoms with Gasteiger partial charge in [0, 0.05) is 5.56 Å². The summed E-state index contributed by atoms with van der Waals surface area (Å²) in [6, 6.07) is 6.09. The highest BCUT2D eigenvalue weighted by Crippen LogP contribution is 2.13. The molecule has 22 heavy (non-hydrogen) atoms. The Kier molecular flexibility index (Phi) is 5.05. The van der Waals surface area contributed by atoms with Crippen LogP contribution in [0.15, 0.2) is 28.8 Å². The summed E-state index contributed by atoms with van der Waals surface area (Å²) < 4.78 is 18.4. The maximum absolute atomic E-state index is 13.4. The van der Waals surface area contributed by atoms with Crippen LogP contribution in [0.4, 0.5) is 10.1 Å². The third kappa shape index (κ3) is 4.01. The van der Waals surface area contributed by atoms with Gasteiger partial charge in [0.1, 0.15) is 11.6 Å². The topological polar surface area (TPSA) is 79.2 Å². The Bertz CT molecular complexity index is 682. The maximum Gasteiger partial charge on any atom is 0.242 e. The molecule has 1 aromatic carbocycles. The quantitative estimate of drug-likeness (QED) is 0.592. The number of carbonyl (C=O) groups excluding carboxylic acids is 1. The van der Waals surface area contributed by atoms with Crippen LogP contribution in [0.5, 0.6) is 0 Å². The highest BCUT2D eigenvalue weighted by Gasteiger charge is 2.13. The van der Waals surface area contributed by atoms with Gasteiger partial charge in [-0.05, 0) is 38.2 Å². The molecule has 1 heterocycles. The maximum atomic E-state index is 13.4. The predicted octanol–water partition coefficient (Wildman–Crippen LogP) is 1.99. The van der Waals surface area contributed by atoms with Crippen molar-refractivity contribution in [3.05, 3.63) is 47.1 Å². The van der Waals surface area contributed by atoms with Gasteiger partial charge < -0.3 is 9.84 Å². The lowest BCUT2D eigenvalue weighted by Gasteiger charge is -2.12. The number of anilines is 1. The van der Waals surface area contributed by atoms with Gasteiger partial charge in [0.05, 0.1) is 17.8 Å². The highest BCUT2D eigenvalue weighted by atomic mass is 32.1. The van der Waals surface area contributed by atoms with Gasteiger partial charge in [0.25, 0.3) is 0 Å². The fraction of sp³-hybridized carbons (Fsp3) is 0.214. The van der Waals surface area contributed by atoms with Gasteiger partial charge in [0.15, 0.2) is 5.11 Å². The van der Waals surface area contributed by atoms with Gasteiger partial charge in [-0.2, -0.15) is 0 Å². The van der Waals surface area contributed by atoms with Crippen LogP contribution >= 0.6 is 12.2 Å². The van der Waals surface area contributed by atoms with Crippen LogP contribution in [0.25, 0.3) is 0 Å².